The molecule has 7 nitrogen and oxygen atoms in total. The molecule has 1 aliphatic heterocycles. The smallest absolute Gasteiger partial charge is 0.243 e. The van der Waals surface area contributed by atoms with Crippen molar-refractivity contribution in [2.24, 2.45) is 0 Å². The number of amides is 1. The van der Waals surface area contributed by atoms with Gasteiger partial charge in [-0.1, -0.05) is 29.8 Å². The average Bonchev–Trinajstić information content (AvgIpc) is 2.73. The molecule has 10 heteroatoms. The highest BCUT2D eigenvalue weighted by atomic mass is 35.5. The lowest BCUT2D eigenvalue weighted by Crippen LogP contribution is -2.48. The highest BCUT2D eigenvalue weighted by Gasteiger charge is 2.30. The van der Waals surface area contributed by atoms with Crippen LogP contribution in [0.5, 0.6) is 11.5 Å². The predicted molar refractivity (Wildman–Crippen MR) is 125 cm³/mol. The molecule has 0 aromatic heterocycles. The van der Waals surface area contributed by atoms with Gasteiger partial charge in [-0.2, -0.15) is 11.8 Å². The maximum atomic E-state index is 12.7. The molecule has 1 atom stereocenters. The van der Waals surface area contributed by atoms with Crippen LogP contribution in [0.4, 0.5) is 5.69 Å². The zero-order valence-electron chi connectivity index (χ0n) is 17.3. The minimum absolute atomic E-state index is 0.350. The van der Waals surface area contributed by atoms with Crippen molar-refractivity contribution in [3.05, 3.63) is 53.1 Å². The lowest BCUT2D eigenvalue weighted by molar-refractivity contribution is -0.121. The summed E-state index contributed by atoms with van der Waals surface area (Å²) in [5, 5.41) is 3.53. The van der Waals surface area contributed by atoms with Crippen LogP contribution in [-0.4, -0.2) is 52.1 Å². The first kappa shape index (κ1) is 23.6. The van der Waals surface area contributed by atoms with E-state index in [0.717, 1.165) is 26.9 Å². The van der Waals surface area contributed by atoms with Crippen molar-refractivity contribution in [1.82, 2.24) is 5.32 Å². The van der Waals surface area contributed by atoms with Crippen molar-refractivity contribution in [3.63, 3.8) is 0 Å². The number of nitrogens with zero attached hydrogens (tertiary/aromatic N) is 1. The Morgan fingerprint density at radius 1 is 1.19 bits per heavy atom. The summed E-state index contributed by atoms with van der Waals surface area (Å²) in [6.07, 6.45) is 1.08. The summed E-state index contributed by atoms with van der Waals surface area (Å²) < 4.78 is 37.1. The van der Waals surface area contributed by atoms with Crippen LogP contribution in [0.15, 0.2) is 42.5 Å². The van der Waals surface area contributed by atoms with Crippen molar-refractivity contribution in [1.29, 1.82) is 0 Å². The van der Waals surface area contributed by atoms with Gasteiger partial charge in [0, 0.05) is 29.1 Å². The van der Waals surface area contributed by atoms with Gasteiger partial charge in [0.1, 0.15) is 19.3 Å². The molecule has 168 valence electrons. The van der Waals surface area contributed by atoms with Crippen LogP contribution in [0.3, 0.4) is 0 Å². The SMILES string of the molecule is C[C@@H](C(=O)NCCSCc1ccccc1Cl)N(c1ccc2c(c1)OCCO2)S(C)(=O)=O. The highest BCUT2D eigenvalue weighted by Crippen LogP contribution is 2.35. The second-order valence-corrected chi connectivity index (χ2v) is 10.4. The van der Waals surface area contributed by atoms with Gasteiger partial charge in [0.15, 0.2) is 11.5 Å². The Bertz CT molecular complexity index is 1030. The minimum Gasteiger partial charge on any atom is -0.486 e. The number of anilines is 1. The molecule has 0 radical (unpaired) electrons. The van der Waals surface area contributed by atoms with Gasteiger partial charge in [0.2, 0.25) is 15.9 Å². The van der Waals surface area contributed by atoms with Gasteiger partial charge in [-0.25, -0.2) is 8.42 Å². The molecule has 1 N–H and O–H groups in total. The predicted octanol–water partition coefficient (Wildman–Crippen LogP) is 3.32. The summed E-state index contributed by atoms with van der Waals surface area (Å²) in [7, 11) is -3.71. The molecule has 0 saturated heterocycles. The van der Waals surface area contributed by atoms with Crippen molar-refractivity contribution in [2.45, 2.75) is 18.7 Å². The van der Waals surface area contributed by atoms with Crippen LogP contribution in [0.2, 0.25) is 5.02 Å². The third-order valence-electron chi connectivity index (χ3n) is 4.63. The van der Waals surface area contributed by atoms with Gasteiger partial charge < -0.3 is 14.8 Å². The molecule has 0 fully saturated rings. The fraction of sp³-hybridized carbons (Fsp3) is 0.381. The van der Waals surface area contributed by atoms with Crippen LogP contribution >= 0.6 is 23.4 Å². The van der Waals surface area contributed by atoms with E-state index in [1.807, 2.05) is 24.3 Å². The number of hydrogen-bond acceptors (Lipinski definition) is 6. The monoisotopic (exact) mass is 484 g/mol. The van der Waals surface area contributed by atoms with E-state index in [4.69, 9.17) is 21.1 Å². The van der Waals surface area contributed by atoms with Gasteiger partial charge in [-0.3, -0.25) is 9.10 Å². The lowest BCUT2D eigenvalue weighted by Gasteiger charge is -2.29. The Morgan fingerprint density at radius 3 is 2.61 bits per heavy atom. The van der Waals surface area contributed by atoms with Gasteiger partial charge in [0.25, 0.3) is 0 Å². The van der Waals surface area contributed by atoms with Gasteiger partial charge >= 0.3 is 0 Å². The lowest BCUT2D eigenvalue weighted by atomic mass is 10.2. The number of carbonyl (C=O) groups is 1. The first-order chi connectivity index (χ1) is 14.8. The Balaban J connectivity index is 1.59. The van der Waals surface area contributed by atoms with E-state index in [0.29, 0.717) is 42.7 Å². The summed E-state index contributed by atoms with van der Waals surface area (Å²) in [6.45, 7) is 2.80. The number of nitrogens with one attached hydrogen (secondary N) is 1. The van der Waals surface area contributed by atoms with E-state index >= 15 is 0 Å². The number of fused-ring (bicyclic) bond motifs is 1. The minimum atomic E-state index is -3.71. The number of ether oxygens (including phenoxy) is 2. The van der Waals surface area contributed by atoms with E-state index in [1.54, 1.807) is 36.9 Å². The number of sulfonamides is 1. The zero-order chi connectivity index (χ0) is 22.4. The number of benzene rings is 2. The highest BCUT2D eigenvalue weighted by molar-refractivity contribution is 7.98. The average molecular weight is 485 g/mol. The summed E-state index contributed by atoms with van der Waals surface area (Å²) in [5.41, 5.74) is 1.39. The van der Waals surface area contributed by atoms with Crippen LogP contribution in [0, 0.1) is 0 Å². The molecule has 3 rings (SSSR count). The van der Waals surface area contributed by atoms with Crippen molar-refractivity contribution in [3.8, 4) is 11.5 Å². The van der Waals surface area contributed by atoms with Gasteiger partial charge in [0.05, 0.1) is 11.9 Å². The van der Waals surface area contributed by atoms with Gasteiger partial charge in [-0.15, -0.1) is 0 Å². The molecule has 31 heavy (non-hydrogen) atoms. The fourth-order valence-corrected chi connectivity index (χ4v) is 5.48. The molecule has 0 aliphatic carbocycles. The van der Waals surface area contributed by atoms with E-state index in [2.05, 4.69) is 5.32 Å². The first-order valence-corrected chi connectivity index (χ1v) is 13.1. The summed E-state index contributed by atoms with van der Waals surface area (Å²) >= 11 is 7.79. The topological polar surface area (TPSA) is 84.9 Å². The number of hydrogen-bond donors (Lipinski definition) is 1. The maximum absolute atomic E-state index is 12.7. The van der Waals surface area contributed by atoms with Crippen molar-refractivity contribution < 1.29 is 22.7 Å². The number of carbonyl (C=O) groups excluding carboxylic acids is 1. The standard InChI is InChI=1S/C21H25ClN2O5S2/c1-15(21(25)23-9-12-30-14-16-5-3-4-6-18(16)22)24(31(2,26)27)17-7-8-19-20(13-17)29-11-10-28-19/h3-8,13,15H,9-12,14H2,1-2H3,(H,23,25)/t15-/m0/s1. The van der Waals surface area contributed by atoms with Crippen LogP contribution in [0.1, 0.15) is 12.5 Å². The quantitative estimate of drug-likeness (QED) is 0.549. The second kappa shape index (κ2) is 10.5. The summed E-state index contributed by atoms with van der Waals surface area (Å²) in [5.74, 6) is 2.04. The van der Waals surface area contributed by atoms with Crippen LogP contribution in [-0.2, 0) is 20.6 Å². The van der Waals surface area contributed by atoms with Crippen molar-refractivity contribution in [2.75, 3.05) is 36.1 Å². The van der Waals surface area contributed by atoms with E-state index in [1.165, 1.54) is 0 Å². The molecule has 2 aromatic rings. The Labute approximate surface area is 192 Å². The molecule has 0 bridgehead atoms. The van der Waals surface area contributed by atoms with E-state index < -0.39 is 16.1 Å². The number of thioether (sulfide) groups is 1. The second-order valence-electron chi connectivity index (χ2n) is 7.00. The maximum Gasteiger partial charge on any atom is 0.243 e. The Morgan fingerprint density at radius 2 is 1.90 bits per heavy atom. The van der Waals surface area contributed by atoms with Crippen LogP contribution in [0.25, 0.3) is 0 Å². The molecule has 1 aliphatic rings. The van der Waals surface area contributed by atoms with Gasteiger partial charge in [-0.05, 0) is 30.7 Å². The molecule has 0 saturated carbocycles. The zero-order valence-corrected chi connectivity index (χ0v) is 19.7. The molecule has 1 heterocycles. The molecule has 0 unspecified atom stereocenters. The molecular formula is C21H25ClN2O5S2. The molecular weight excluding hydrogens is 460 g/mol. The summed E-state index contributed by atoms with van der Waals surface area (Å²) in [6, 6.07) is 11.5. The van der Waals surface area contributed by atoms with E-state index in [-0.39, 0.29) is 5.91 Å². The Kier molecular flexibility index (Phi) is 7.96. The summed E-state index contributed by atoms with van der Waals surface area (Å²) in [4.78, 5) is 12.7. The third kappa shape index (κ3) is 6.21. The largest absolute Gasteiger partial charge is 0.486 e. The number of rotatable bonds is 9. The molecule has 0 spiro atoms. The van der Waals surface area contributed by atoms with E-state index in [9.17, 15) is 13.2 Å². The molecule has 1 amide bonds. The molecule has 2 aromatic carbocycles. The van der Waals surface area contributed by atoms with Crippen LogP contribution < -0.4 is 19.1 Å². The third-order valence-corrected chi connectivity index (χ3v) is 7.25. The number of halogens is 1. The fourth-order valence-electron chi connectivity index (χ4n) is 3.17. The first-order valence-electron chi connectivity index (χ1n) is 9.75. The van der Waals surface area contributed by atoms with Crippen molar-refractivity contribution >= 4 is 45.0 Å². The Hall–Kier alpha value is -2.10. The normalized spacial score (nSPS) is 14.0.